The van der Waals surface area contributed by atoms with Gasteiger partial charge in [0.05, 0.1) is 12.5 Å². The molecule has 1 aromatic carbocycles. The predicted octanol–water partition coefficient (Wildman–Crippen LogP) is 3.03. The number of carbonyl (C=O) groups excluding carboxylic acids is 1. The number of H-pyrrole nitrogens is 1. The number of aromatic nitrogens is 1. The number of hydrogen-bond donors (Lipinski definition) is 2. The molecule has 1 saturated heterocycles. The van der Waals surface area contributed by atoms with Gasteiger partial charge in [-0.1, -0.05) is 22.0 Å². The Morgan fingerprint density at radius 1 is 1.38 bits per heavy atom. The van der Waals surface area contributed by atoms with Crippen LogP contribution in [0.5, 0.6) is 0 Å². The number of ether oxygens (including phenoxy) is 1. The molecule has 2 heterocycles. The summed E-state index contributed by atoms with van der Waals surface area (Å²) in [6.45, 7) is 1.30. The van der Waals surface area contributed by atoms with Crippen LogP contribution in [0.2, 0.25) is 0 Å². The second kappa shape index (κ2) is 7.36. The molecule has 0 bridgehead atoms. The van der Waals surface area contributed by atoms with E-state index in [9.17, 15) is 9.59 Å². The second-order valence-corrected chi connectivity index (χ2v) is 6.86. The van der Waals surface area contributed by atoms with Crippen LogP contribution in [-0.4, -0.2) is 52.7 Å². The fraction of sp³-hybridized carbons (Fsp3) is 0.412. The van der Waals surface area contributed by atoms with Crippen LogP contribution in [0.1, 0.15) is 29.8 Å². The van der Waals surface area contributed by atoms with Crippen LogP contribution in [-0.2, 0) is 9.53 Å². The molecule has 1 amide bonds. The van der Waals surface area contributed by atoms with Crippen molar-refractivity contribution in [1.82, 2.24) is 9.88 Å². The molecule has 1 aliphatic rings. The number of aliphatic carboxylic acids is 1. The Hall–Kier alpha value is -1.86. The van der Waals surface area contributed by atoms with E-state index in [4.69, 9.17) is 9.84 Å². The number of nitrogens with zero attached hydrogens (tertiary/aromatic N) is 1. The molecule has 2 aromatic rings. The van der Waals surface area contributed by atoms with Gasteiger partial charge in [-0.3, -0.25) is 9.59 Å². The molecule has 7 heteroatoms. The van der Waals surface area contributed by atoms with Crippen LogP contribution >= 0.6 is 15.9 Å². The Kier molecular flexibility index (Phi) is 5.20. The van der Waals surface area contributed by atoms with Crippen LogP contribution in [0.15, 0.2) is 28.7 Å². The summed E-state index contributed by atoms with van der Waals surface area (Å²) < 4.78 is 6.52. The average molecular weight is 395 g/mol. The summed E-state index contributed by atoms with van der Waals surface area (Å²) in [6, 6.07) is 7.55. The van der Waals surface area contributed by atoms with Crippen LogP contribution in [0.3, 0.4) is 0 Å². The molecular formula is C17H19BrN2O4. The number of amides is 1. The maximum absolute atomic E-state index is 12.8. The smallest absolute Gasteiger partial charge is 0.305 e. The monoisotopic (exact) mass is 394 g/mol. The van der Waals surface area contributed by atoms with Crippen molar-refractivity contribution in [3.63, 3.8) is 0 Å². The standard InChI is InChI=1S/C17H19BrN2O4/c18-12-4-3-11-8-15(19-14(11)9-12)17(23)20(6-5-16(21)22)10-13-2-1-7-24-13/h3-4,8-9,13,19H,1-2,5-7,10H2,(H,21,22). The van der Waals surface area contributed by atoms with Gasteiger partial charge in [0.1, 0.15) is 5.69 Å². The molecule has 0 radical (unpaired) electrons. The van der Waals surface area contributed by atoms with Gasteiger partial charge in [-0.2, -0.15) is 0 Å². The lowest BCUT2D eigenvalue weighted by atomic mass is 10.2. The van der Waals surface area contributed by atoms with E-state index in [0.717, 1.165) is 28.2 Å². The van der Waals surface area contributed by atoms with Gasteiger partial charge in [0, 0.05) is 35.1 Å². The molecule has 1 fully saturated rings. The van der Waals surface area contributed by atoms with Crippen molar-refractivity contribution >= 4 is 38.7 Å². The first-order chi connectivity index (χ1) is 11.5. The Bertz CT molecular complexity index is 752. The number of carboxylic acids is 1. The minimum atomic E-state index is -0.916. The average Bonchev–Trinajstić information content (AvgIpc) is 3.19. The number of halogens is 1. The van der Waals surface area contributed by atoms with Gasteiger partial charge in [-0.25, -0.2) is 0 Å². The minimum Gasteiger partial charge on any atom is -0.481 e. The van der Waals surface area contributed by atoms with E-state index in [1.165, 1.54) is 0 Å². The number of fused-ring (bicyclic) bond motifs is 1. The van der Waals surface area contributed by atoms with Crippen molar-refractivity contribution in [2.75, 3.05) is 19.7 Å². The summed E-state index contributed by atoms with van der Waals surface area (Å²) in [5, 5.41) is 9.88. The number of aromatic amines is 1. The summed E-state index contributed by atoms with van der Waals surface area (Å²) >= 11 is 3.41. The molecule has 0 aliphatic carbocycles. The second-order valence-electron chi connectivity index (χ2n) is 5.94. The van der Waals surface area contributed by atoms with E-state index >= 15 is 0 Å². The molecule has 0 spiro atoms. The first kappa shape index (κ1) is 17.0. The van der Waals surface area contributed by atoms with Crippen molar-refractivity contribution in [3.8, 4) is 0 Å². The van der Waals surface area contributed by atoms with Crippen LogP contribution in [0.4, 0.5) is 0 Å². The highest BCUT2D eigenvalue weighted by Gasteiger charge is 2.24. The predicted molar refractivity (Wildman–Crippen MR) is 93.1 cm³/mol. The highest BCUT2D eigenvalue weighted by Crippen LogP contribution is 2.22. The maximum Gasteiger partial charge on any atom is 0.305 e. The molecular weight excluding hydrogens is 376 g/mol. The molecule has 3 rings (SSSR count). The fourth-order valence-electron chi connectivity index (χ4n) is 2.93. The van der Waals surface area contributed by atoms with E-state index in [-0.39, 0.29) is 25.0 Å². The quantitative estimate of drug-likeness (QED) is 0.788. The number of rotatable bonds is 6. The lowest BCUT2D eigenvalue weighted by Crippen LogP contribution is -2.39. The third-order valence-corrected chi connectivity index (χ3v) is 4.64. The van der Waals surface area contributed by atoms with E-state index in [0.29, 0.717) is 18.8 Å². The summed E-state index contributed by atoms with van der Waals surface area (Å²) in [7, 11) is 0. The zero-order valence-electron chi connectivity index (χ0n) is 13.1. The molecule has 1 aliphatic heterocycles. The van der Waals surface area contributed by atoms with E-state index < -0.39 is 5.97 Å². The molecule has 1 atom stereocenters. The van der Waals surface area contributed by atoms with Crippen molar-refractivity contribution in [1.29, 1.82) is 0 Å². The van der Waals surface area contributed by atoms with E-state index in [2.05, 4.69) is 20.9 Å². The van der Waals surface area contributed by atoms with Gasteiger partial charge < -0.3 is 19.7 Å². The van der Waals surface area contributed by atoms with Gasteiger partial charge in [-0.15, -0.1) is 0 Å². The molecule has 0 saturated carbocycles. The number of benzene rings is 1. The Balaban J connectivity index is 1.80. The van der Waals surface area contributed by atoms with Crippen molar-refractivity contribution in [3.05, 3.63) is 34.4 Å². The first-order valence-electron chi connectivity index (χ1n) is 7.94. The summed E-state index contributed by atoms with van der Waals surface area (Å²) in [4.78, 5) is 28.4. The Morgan fingerprint density at radius 2 is 2.21 bits per heavy atom. The van der Waals surface area contributed by atoms with Crippen molar-refractivity contribution < 1.29 is 19.4 Å². The van der Waals surface area contributed by atoms with Crippen LogP contribution in [0.25, 0.3) is 10.9 Å². The van der Waals surface area contributed by atoms with Gasteiger partial charge in [0.25, 0.3) is 5.91 Å². The Labute approximate surface area is 147 Å². The summed E-state index contributed by atoms with van der Waals surface area (Å²) in [5.41, 5.74) is 1.33. The summed E-state index contributed by atoms with van der Waals surface area (Å²) in [6.07, 6.45) is 1.79. The molecule has 128 valence electrons. The molecule has 24 heavy (non-hydrogen) atoms. The van der Waals surface area contributed by atoms with Crippen LogP contribution in [0, 0.1) is 0 Å². The molecule has 1 unspecified atom stereocenters. The maximum atomic E-state index is 12.8. The fourth-order valence-corrected chi connectivity index (χ4v) is 3.29. The highest BCUT2D eigenvalue weighted by molar-refractivity contribution is 9.10. The Morgan fingerprint density at radius 3 is 2.92 bits per heavy atom. The largest absolute Gasteiger partial charge is 0.481 e. The van der Waals surface area contributed by atoms with Crippen molar-refractivity contribution in [2.45, 2.75) is 25.4 Å². The van der Waals surface area contributed by atoms with Gasteiger partial charge >= 0.3 is 5.97 Å². The lowest BCUT2D eigenvalue weighted by Gasteiger charge is -2.24. The number of hydrogen-bond acceptors (Lipinski definition) is 3. The number of carboxylic acid groups (broad SMARTS) is 1. The SMILES string of the molecule is O=C(O)CCN(CC1CCCO1)C(=O)c1cc2ccc(Br)cc2[nH]1. The molecule has 1 aromatic heterocycles. The van der Waals surface area contributed by atoms with E-state index in [1.54, 1.807) is 11.0 Å². The molecule has 6 nitrogen and oxygen atoms in total. The third kappa shape index (κ3) is 3.96. The van der Waals surface area contributed by atoms with E-state index in [1.807, 2.05) is 18.2 Å². The highest BCUT2D eigenvalue weighted by atomic mass is 79.9. The zero-order valence-corrected chi connectivity index (χ0v) is 14.7. The topological polar surface area (TPSA) is 82.6 Å². The van der Waals surface area contributed by atoms with Gasteiger partial charge in [0.2, 0.25) is 0 Å². The molecule has 2 N–H and O–H groups in total. The van der Waals surface area contributed by atoms with Gasteiger partial charge in [0.15, 0.2) is 0 Å². The number of nitrogens with one attached hydrogen (secondary N) is 1. The summed E-state index contributed by atoms with van der Waals surface area (Å²) in [5.74, 6) is -1.11. The van der Waals surface area contributed by atoms with Gasteiger partial charge in [-0.05, 0) is 31.0 Å². The number of carbonyl (C=O) groups is 2. The van der Waals surface area contributed by atoms with Crippen molar-refractivity contribution in [2.24, 2.45) is 0 Å². The minimum absolute atomic E-state index is 0.0127. The third-order valence-electron chi connectivity index (χ3n) is 4.15. The van der Waals surface area contributed by atoms with Crippen LogP contribution < -0.4 is 0 Å². The first-order valence-corrected chi connectivity index (χ1v) is 8.73. The zero-order chi connectivity index (χ0) is 17.1. The lowest BCUT2D eigenvalue weighted by molar-refractivity contribution is -0.137. The normalized spacial score (nSPS) is 17.3.